The van der Waals surface area contributed by atoms with Crippen molar-refractivity contribution >= 4 is 48.9 Å². The second-order valence-corrected chi connectivity index (χ2v) is 9.28. The molecule has 1 aromatic rings. The lowest BCUT2D eigenvalue weighted by molar-refractivity contribution is 0.263. The van der Waals surface area contributed by atoms with Gasteiger partial charge in [0.05, 0.1) is 4.34 Å². The molecule has 1 aliphatic rings. The lowest BCUT2D eigenvalue weighted by Gasteiger charge is -2.32. The molecule has 0 bridgehead atoms. The normalized spacial score (nSPS) is 18.1. The Hall–Kier alpha value is 0.380. The molecule has 0 aromatic carbocycles. The van der Waals surface area contributed by atoms with Gasteiger partial charge in [-0.05, 0) is 25.0 Å². The van der Waals surface area contributed by atoms with Gasteiger partial charge in [-0.1, -0.05) is 46.8 Å². The van der Waals surface area contributed by atoms with Gasteiger partial charge in [-0.15, -0.1) is 11.3 Å². The van der Waals surface area contributed by atoms with Crippen molar-refractivity contribution in [3.63, 3.8) is 0 Å². The zero-order valence-corrected chi connectivity index (χ0v) is 14.5. The molecule has 19 heavy (non-hydrogen) atoms. The minimum absolute atomic E-state index is 0.136. The van der Waals surface area contributed by atoms with Crippen molar-refractivity contribution in [3.05, 3.63) is 16.5 Å². The largest absolute Gasteiger partial charge is 0.252 e. The smallest absolute Gasteiger partial charge is 0.206 e. The standard InChI is InChI=1S/C12H17BrClNO2S2/c13-8-9-15(10-4-2-1-3-5-10)19(16,17)12-7-6-11(14)18-12/h6-7,10H,1-5,8-9H2. The van der Waals surface area contributed by atoms with Crippen molar-refractivity contribution in [2.24, 2.45) is 0 Å². The van der Waals surface area contributed by atoms with Crippen LogP contribution in [-0.4, -0.2) is 30.6 Å². The van der Waals surface area contributed by atoms with Crippen LogP contribution in [0.1, 0.15) is 32.1 Å². The molecule has 1 aromatic heterocycles. The van der Waals surface area contributed by atoms with Gasteiger partial charge in [-0.25, -0.2) is 8.42 Å². The highest BCUT2D eigenvalue weighted by atomic mass is 79.9. The first-order chi connectivity index (χ1) is 9.05. The summed E-state index contributed by atoms with van der Waals surface area (Å²) in [6.07, 6.45) is 5.37. The Labute approximate surface area is 132 Å². The van der Waals surface area contributed by atoms with E-state index in [4.69, 9.17) is 11.6 Å². The fourth-order valence-corrected chi connectivity index (χ4v) is 6.42. The van der Waals surface area contributed by atoms with Gasteiger partial charge in [0, 0.05) is 17.9 Å². The Morgan fingerprint density at radius 2 is 2.00 bits per heavy atom. The average Bonchev–Trinajstić information content (AvgIpc) is 2.84. The Balaban J connectivity index is 2.26. The summed E-state index contributed by atoms with van der Waals surface area (Å²) in [5.74, 6) is 0. The van der Waals surface area contributed by atoms with Crippen molar-refractivity contribution < 1.29 is 8.42 Å². The molecule has 0 radical (unpaired) electrons. The fourth-order valence-electron chi connectivity index (χ4n) is 2.50. The Kier molecular flexibility index (Phi) is 5.72. The summed E-state index contributed by atoms with van der Waals surface area (Å²) in [6, 6.07) is 3.38. The number of alkyl halides is 1. The van der Waals surface area contributed by atoms with E-state index in [1.165, 1.54) is 6.42 Å². The van der Waals surface area contributed by atoms with E-state index < -0.39 is 10.0 Å². The van der Waals surface area contributed by atoms with Gasteiger partial charge >= 0.3 is 0 Å². The van der Waals surface area contributed by atoms with Crippen molar-refractivity contribution in [3.8, 4) is 0 Å². The van der Waals surface area contributed by atoms with Gasteiger partial charge in [0.1, 0.15) is 4.21 Å². The van der Waals surface area contributed by atoms with Gasteiger partial charge in [-0.2, -0.15) is 4.31 Å². The van der Waals surface area contributed by atoms with E-state index in [2.05, 4.69) is 15.9 Å². The first-order valence-electron chi connectivity index (χ1n) is 6.39. The Morgan fingerprint density at radius 1 is 1.32 bits per heavy atom. The molecule has 108 valence electrons. The second kappa shape index (κ2) is 6.89. The van der Waals surface area contributed by atoms with Crippen LogP contribution in [0.25, 0.3) is 0 Å². The zero-order valence-electron chi connectivity index (χ0n) is 10.5. The quantitative estimate of drug-likeness (QED) is 0.714. The molecule has 0 amide bonds. The predicted molar refractivity (Wildman–Crippen MR) is 83.9 cm³/mol. The van der Waals surface area contributed by atoms with Crippen LogP contribution in [0.4, 0.5) is 0 Å². The van der Waals surface area contributed by atoms with E-state index in [1.807, 2.05) is 0 Å². The first kappa shape index (κ1) is 15.8. The summed E-state index contributed by atoms with van der Waals surface area (Å²) in [5, 5.41) is 0.655. The van der Waals surface area contributed by atoms with E-state index in [-0.39, 0.29) is 6.04 Å². The predicted octanol–water partition coefficient (Wildman–Crippen LogP) is 4.12. The topological polar surface area (TPSA) is 37.4 Å². The van der Waals surface area contributed by atoms with Crippen LogP contribution in [0, 0.1) is 0 Å². The maximum absolute atomic E-state index is 12.7. The van der Waals surface area contributed by atoms with Crippen molar-refractivity contribution in [2.45, 2.75) is 42.4 Å². The highest BCUT2D eigenvalue weighted by molar-refractivity contribution is 9.09. The molecule has 1 fully saturated rings. The highest BCUT2D eigenvalue weighted by Gasteiger charge is 2.32. The van der Waals surface area contributed by atoms with Crippen molar-refractivity contribution in [1.29, 1.82) is 0 Å². The minimum Gasteiger partial charge on any atom is -0.206 e. The molecule has 0 unspecified atom stereocenters. The van der Waals surface area contributed by atoms with Gasteiger partial charge in [0.25, 0.3) is 10.0 Å². The molecule has 0 spiro atoms. The lowest BCUT2D eigenvalue weighted by Crippen LogP contribution is -2.42. The summed E-state index contributed by atoms with van der Waals surface area (Å²) >= 11 is 10.4. The molecule has 0 N–H and O–H groups in total. The van der Waals surface area contributed by atoms with Gasteiger partial charge < -0.3 is 0 Å². The van der Waals surface area contributed by atoms with E-state index in [0.717, 1.165) is 37.0 Å². The molecule has 1 saturated carbocycles. The number of nitrogens with zero attached hydrogens (tertiary/aromatic N) is 1. The molecule has 2 rings (SSSR count). The minimum atomic E-state index is -3.40. The summed E-state index contributed by atoms with van der Waals surface area (Å²) in [6.45, 7) is 0.516. The van der Waals surface area contributed by atoms with Crippen LogP contribution in [-0.2, 0) is 10.0 Å². The van der Waals surface area contributed by atoms with Crippen LogP contribution in [0.5, 0.6) is 0 Å². The Morgan fingerprint density at radius 3 is 2.53 bits per heavy atom. The molecule has 7 heteroatoms. The lowest BCUT2D eigenvalue weighted by atomic mass is 9.95. The third-order valence-electron chi connectivity index (χ3n) is 3.40. The molecule has 0 atom stereocenters. The number of rotatable bonds is 5. The third kappa shape index (κ3) is 3.73. The summed E-state index contributed by atoms with van der Waals surface area (Å²) in [5.41, 5.74) is 0. The third-order valence-corrected chi connectivity index (χ3v) is 7.40. The number of thiophene rings is 1. The van der Waals surface area contributed by atoms with Gasteiger partial charge in [0.15, 0.2) is 0 Å². The van der Waals surface area contributed by atoms with Crippen LogP contribution in [0.2, 0.25) is 4.34 Å². The Bertz CT molecular complexity index is 512. The van der Waals surface area contributed by atoms with Crippen molar-refractivity contribution in [1.82, 2.24) is 4.31 Å². The van der Waals surface area contributed by atoms with Gasteiger partial charge in [0.2, 0.25) is 0 Å². The summed E-state index contributed by atoms with van der Waals surface area (Å²) in [4.78, 5) is 0. The van der Waals surface area contributed by atoms with Crippen molar-refractivity contribution in [2.75, 3.05) is 11.9 Å². The van der Waals surface area contributed by atoms with E-state index in [0.29, 0.717) is 20.4 Å². The summed E-state index contributed by atoms with van der Waals surface area (Å²) in [7, 11) is -3.40. The van der Waals surface area contributed by atoms with Crippen LogP contribution in [0.15, 0.2) is 16.3 Å². The second-order valence-electron chi connectivity index (χ2n) is 4.66. The number of hydrogen-bond acceptors (Lipinski definition) is 3. The molecule has 3 nitrogen and oxygen atoms in total. The fraction of sp³-hybridized carbons (Fsp3) is 0.667. The van der Waals surface area contributed by atoms with Gasteiger partial charge in [-0.3, -0.25) is 0 Å². The number of halogens is 2. The van der Waals surface area contributed by atoms with Crippen LogP contribution >= 0.6 is 38.9 Å². The zero-order chi connectivity index (χ0) is 13.9. The number of hydrogen-bond donors (Lipinski definition) is 0. The molecule has 0 aliphatic heterocycles. The maximum atomic E-state index is 12.7. The van der Waals surface area contributed by atoms with Crippen LogP contribution < -0.4 is 0 Å². The number of sulfonamides is 1. The van der Waals surface area contributed by atoms with Crippen LogP contribution in [0.3, 0.4) is 0 Å². The molecule has 1 heterocycles. The summed E-state index contributed by atoms with van der Waals surface area (Å²) < 4.78 is 27.9. The highest BCUT2D eigenvalue weighted by Crippen LogP contribution is 2.32. The molecular weight excluding hydrogens is 370 g/mol. The van der Waals surface area contributed by atoms with E-state index in [9.17, 15) is 8.42 Å². The first-order valence-corrected chi connectivity index (χ1v) is 10.1. The molecular formula is C12H17BrClNO2S2. The average molecular weight is 387 g/mol. The maximum Gasteiger partial charge on any atom is 0.252 e. The van der Waals surface area contributed by atoms with E-state index in [1.54, 1.807) is 16.4 Å². The SMILES string of the molecule is O=S(=O)(c1ccc(Cl)s1)N(CCBr)C1CCCCC1. The monoisotopic (exact) mass is 385 g/mol. The molecule has 1 aliphatic carbocycles. The molecule has 0 saturated heterocycles. The van der Waals surface area contributed by atoms with E-state index >= 15 is 0 Å².